The predicted molar refractivity (Wildman–Crippen MR) is 100 cm³/mol. The topological polar surface area (TPSA) is 87.1 Å². The Bertz CT molecular complexity index is 1040. The molecule has 0 aliphatic rings. The first kappa shape index (κ1) is 17.3. The van der Waals surface area contributed by atoms with Crippen LogP contribution in [-0.2, 0) is 5.75 Å². The standard InChI is InChI=1S/C19H16N4O3S/c1-12-5-3-4-6-15(12)18-21-22-19(25-18)27-11-16-20-17(23-26-16)13-7-9-14(24-2)10-8-13/h3-10H,11H2,1-2H3. The fourth-order valence-electron chi connectivity index (χ4n) is 2.48. The molecule has 4 rings (SSSR count). The Hall–Kier alpha value is -3.13. The van der Waals surface area contributed by atoms with Crippen molar-refractivity contribution in [1.82, 2.24) is 20.3 Å². The van der Waals surface area contributed by atoms with E-state index in [1.54, 1.807) is 7.11 Å². The summed E-state index contributed by atoms with van der Waals surface area (Å²) in [6.07, 6.45) is 0. The van der Waals surface area contributed by atoms with Gasteiger partial charge in [0.1, 0.15) is 5.75 Å². The molecule has 2 heterocycles. The molecule has 136 valence electrons. The van der Waals surface area contributed by atoms with Crippen molar-refractivity contribution in [3.05, 3.63) is 60.0 Å². The molecule has 0 fully saturated rings. The monoisotopic (exact) mass is 380 g/mol. The number of ether oxygens (including phenoxy) is 1. The van der Waals surface area contributed by atoms with E-state index in [2.05, 4.69) is 20.3 Å². The van der Waals surface area contributed by atoms with Crippen LogP contribution in [0.4, 0.5) is 0 Å². The summed E-state index contributed by atoms with van der Waals surface area (Å²) in [5, 5.41) is 12.7. The number of aromatic nitrogens is 4. The van der Waals surface area contributed by atoms with Crippen molar-refractivity contribution >= 4 is 11.8 Å². The van der Waals surface area contributed by atoms with Crippen LogP contribution >= 0.6 is 11.8 Å². The molecular weight excluding hydrogens is 364 g/mol. The van der Waals surface area contributed by atoms with Crippen LogP contribution in [-0.4, -0.2) is 27.4 Å². The lowest BCUT2D eigenvalue weighted by Crippen LogP contribution is -1.85. The first-order chi connectivity index (χ1) is 13.2. The van der Waals surface area contributed by atoms with Gasteiger partial charge in [-0.2, -0.15) is 4.98 Å². The Balaban J connectivity index is 1.42. The van der Waals surface area contributed by atoms with Crippen LogP contribution < -0.4 is 4.74 Å². The van der Waals surface area contributed by atoms with Gasteiger partial charge in [0, 0.05) is 11.1 Å². The first-order valence-corrected chi connectivity index (χ1v) is 9.21. The highest BCUT2D eigenvalue weighted by Gasteiger charge is 2.14. The summed E-state index contributed by atoms with van der Waals surface area (Å²) >= 11 is 1.35. The Kier molecular flexibility index (Phi) is 4.88. The van der Waals surface area contributed by atoms with E-state index in [1.807, 2.05) is 55.5 Å². The summed E-state index contributed by atoms with van der Waals surface area (Å²) in [6, 6.07) is 15.3. The molecule has 2 aromatic heterocycles. The molecule has 0 unspecified atom stereocenters. The lowest BCUT2D eigenvalue weighted by Gasteiger charge is -1.99. The van der Waals surface area contributed by atoms with E-state index < -0.39 is 0 Å². The van der Waals surface area contributed by atoms with Crippen molar-refractivity contribution in [1.29, 1.82) is 0 Å². The molecule has 0 aliphatic carbocycles. The summed E-state index contributed by atoms with van der Waals surface area (Å²) in [7, 11) is 1.63. The maximum atomic E-state index is 5.73. The lowest BCUT2D eigenvalue weighted by molar-refractivity contribution is 0.390. The van der Waals surface area contributed by atoms with Crippen LogP contribution in [0.5, 0.6) is 5.75 Å². The minimum atomic E-state index is 0.443. The van der Waals surface area contributed by atoms with Crippen molar-refractivity contribution in [3.8, 4) is 28.6 Å². The van der Waals surface area contributed by atoms with Crippen LogP contribution in [0, 0.1) is 6.92 Å². The Morgan fingerprint density at radius 1 is 1.04 bits per heavy atom. The minimum Gasteiger partial charge on any atom is -0.497 e. The Morgan fingerprint density at radius 2 is 1.85 bits per heavy atom. The molecule has 2 aromatic carbocycles. The molecule has 0 saturated heterocycles. The number of aryl methyl sites for hydroxylation is 1. The van der Waals surface area contributed by atoms with Crippen molar-refractivity contribution in [2.75, 3.05) is 7.11 Å². The van der Waals surface area contributed by atoms with Gasteiger partial charge in [0.2, 0.25) is 17.6 Å². The van der Waals surface area contributed by atoms with Crippen molar-refractivity contribution in [3.63, 3.8) is 0 Å². The van der Waals surface area contributed by atoms with Crippen molar-refractivity contribution < 1.29 is 13.7 Å². The van der Waals surface area contributed by atoms with E-state index in [1.165, 1.54) is 11.8 Å². The third-order valence-corrected chi connectivity index (χ3v) is 4.72. The summed E-state index contributed by atoms with van der Waals surface area (Å²) in [5.74, 6) is 2.73. The second-order valence-electron chi connectivity index (χ2n) is 5.72. The number of methoxy groups -OCH3 is 1. The fourth-order valence-corrected chi connectivity index (χ4v) is 3.08. The van der Waals surface area contributed by atoms with Crippen LogP contribution in [0.25, 0.3) is 22.8 Å². The number of hydrogen-bond acceptors (Lipinski definition) is 8. The molecule has 7 nitrogen and oxygen atoms in total. The second-order valence-corrected chi connectivity index (χ2v) is 6.64. The van der Waals surface area contributed by atoms with Gasteiger partial charge >= 0.3 is 0 Å². The number of thioether (sulfide) groups is 1. The van der Waals surface area contributed by atoms with Gasteiger partial charge in [0.25, 0.3) is 5.22 Å². The average Bonchev–Trinajstić information content (AvgIpc) is 3.36. The largest absolute Gasteiger partial charge is 0.497 e. The molecule has 0 bridgehead atoms. The average molecular weight is 380 g/mol. The lowest BCUT2D eigenvalue weighted by atomic mass is 10.1. The predicted octanol–water partition coefficient (Wildman–Crippen LogP) is 4.40. The normalized spacial score (nSPS) is 10.9. The number of hydrogen-bond donors (Lipinski definition) is 0. The first-order valence-electron chi connectivity index (χ1n) is 8.22. The molecule has 8 heteroatoms. The van der Waals surface area contributed by atoms with Crippen LogP contribution in [0.1, 0.15) is 11.5 Å². The van der Waals surface area contributed by atoms with E-state index in [4.69, 9.17) is 13.7 Å². The van der Waals surface area contributed by atoms with E-state index in [-0.39, 0.29) is 0 Å². The number of rotatable bonds is 6. The maximum Gasteiger partial charge on any atom is 0.277 e. The molecule has 4 aromatic rings. The number of nitrogens with zero attached hydrogens (tertiary/aromatic N) is 4. The van der Waals surface area contributed by atoms with Gasteiger partial charge in [-0.1, -0.05) is 35.1 Å². The zero-order chi connectivity index (χ0) is 18.6. The van der Waals surface area contributed by atoms with Gasteiger partial charge in [0.05, 0.1) is 12.9 Å². The fraction of sp³-hybridized carbons (Fsp3) is 0.158. The van der Waals surface area contributed by atoms with Gasteiger partial charge in [-0.05, 0) is 42.8 Å². The molecule has 0 spiro atoms. The highest BCUT2D eigenvalue weighted by Crippen LogP contribution is 2.27. The quantitative estimate of drug-likeness (QED) is 0.455. The van der Waals surface area contributed by atoms with Gasteiger partial charge in [-0.15, -0.1) is 10.2 Å². The van der Waals surface area contributed by atoms with Crippen LogP contribution in [0.2, 0.25) is 0 Å². The Labute approximate surface area is 159 Å². The maximum absolute atomic E-state index is 5.73. The van der Waals surface area contributed by atoms with Crippen molar-refractivity contribution in [2.45, 2.75) is 17.9 Å². The van der Waals surface area contributed by atoms with Gasteiger partial charge in [0.15, 0.2) is 0 Å². The highest BCUT2D eigenvalue weighted by molar-refractivity contribution is 7.98. The third kappa shape index (κ3) is 3.85. The van der Waals surface area contributed by atoms with E-state index >= 15 is 0 Å². The van der Waals surface area contributed by atoms with Crippen LogP contribution in [0.15, 0.2) is 62.7 Å². The second kappa shape index (κ2) is 7.63. The van der Waals surface area contributed by atoms with Crippen molar-refractivity contribution in [2.24, 2.45) is 0 Å². The van der Waals surface area contributed by atoms with Crippen LogP contribution in [0.3, 0.4) is 0 Å². The molecule has 0 radical (unpaired) electrons. The summed E-state index contributed by atoms with van der Waals surface area (Å²) in [4.78, 5) is 4.40. The summed E-state index contributed by atoms with van der Waals surface area (Å²) in [6.45, 7) is 2.01. The molecule has 0 amide bonds. The Morgan fingerprint density at radius 3 is 2.63 bits per heavy atom. The molecule has 0 saturated carbocycles. The molecular formula is C19H16N4O3S. The van der Waals surface area contributed by atoms with Gasteiger partial charge in [-0.25, -0.2) is 0 Å². The minimum absolute atomic E-state index is 0.443. The zero-order valence-electron chi connectivity index (χ0n) is 14.7. The summed E-state index contributed by atoms with van der Waals surface area (Å²) < 4.78 is 16.2. The third-order valence-electron chi connectivity index (χ3n) is 3.92. The molecule has 0 atom stereocenters. The van der Waals surface area contributed by atoms with E-state index in [0.717, 1.165) is 22.4 Å². The zero-order valence-corrected chi connectivity index (χ0v) is 15.6. The molecule has 27 heavy (non-hydrogen) atoms. The van der Waals surface area contributed by atoms with Gasteiger partial charge < -0.3 is 13.7 Å². The highest BCUT2D eigenvalue weighted by atomic mass is 32.2. The molecule has 0 N–H and O–H groups in total. The number of benzene rings is 2. The SMILES string of the molecule is COc1ccc(-c2noc(CSc3nnc(-c4ccccc4C)o3)n2)cc1. The van der Waals surface area contributed by atoms with E-state index in [9.17, 15) is 0 Å². The van der Waals surface area contributed by atoms with E-state index in [0.29, 0.717) is 28.6 Å². The molecule has 0 aliphatic heterocycles. The summed E-state index contributed by atoms with van der Waals surface area (Å²) in [5.41, 5.74) is 2.87. The smallest absolute Gasteiger partial charge is 0.277 e. The van der Waals surface area contributed by atoms with Gasteiger partial charge in [-0.3, -0.25) is 0 Å².